The first-order chi connectivity index (χ1) is 22.5. The lowest BCUT2D eigenvalue weighted by Gasteiger charge is -2.32. The van der Waals surface area contributed by atoms with Crippen LogP contribution in [0.2, 0.25) is 0 Å². The first-order valence-corrected chi connectivity index (χ1v) is 15.9. The fourth-order valence-electron chi connectivity index (χ4n) is 5.75. The molecule has 1 aliphatic rings. The highest BCUT2D eigenvalue weighted by molar-refractivity contribution is 5.84. The average Bonchev–Trinajstić information content (AvgIpc) is 3.11. The van der Waals surface area contributed by atoms with Gasteiger partial charge in [0.05, 0.1) is 7.11 Å². The lowest BCUT2D eigenvalue weighted by atomic mass is 9.92. The molecule has 2 heterocycles. The SMILES string of the molecule is COC(=O)[C@H](Cc1ccc(OCc2ccccc2)cc1)NC(=O)CC1CCN(C(=O)CCc2ccc(-c3ccncc3)cc2)CC1. The number of aryl methyl sites for hydroxylation is 1. The molecule has 1 N–H and O–H groups in total. The van der Waals surface area contributed by atoms with Crippen molar-refractivity contribution in [3.05, 3.63) is 120 Å². The van der Waals surface area contributed by atoms with Crippen molar-refractivity contribution < 1.29 is 23.9 Å². The number of carbonyl (C=O) groups excluding carboxylic acids is 3. The first kappa shape index (κ1) is 32.4. The molecule has 1 atom stereocenters. The molecule has 1 fully saturated rings. The molecule has 8 nitrogen and oxygen atoms in total. The Bertz CT molecular complexity index is 1550. The summed E-state index contributed by atoms with van der Waals surface area (Å²) >= 11 is 0. The molecular weight excluding hydrogens is 578 g/mol. The topological polar surface area (TPSA) is 97.8 Å². The molecule has 0 radical (unpaired) electrons. The summed E-state index contributed by atoms with van der Waals surface area (Å²) < 4.78 is 10.8. The number of pyridine rings is 1. The van der Waals surface area contributed by atoms with Gasteiger partial charge in [0.15, 0.2) is 0 Å². The number of likely N-dealkylation sites (tertiary alicyclic amines) is 1. The zero-order valence-electron chi connectivity index (χ0n) is 26.3. The second-order valence-electron chi connectivity index (χ2n) is 11.7. The molecule has 0 aliphatic carbocycles. The fourth-order valence-corrected chi connectivity index (χ4v) is 5.75. The van der Waals surface area contributed by atoms with Gasteiger partial charge in [-0.3, -0.25) is 14.6 Å². The minimum absolute atomic E-state index is 0.142. The molecule has 3 aromatic carbocycles. The van der Waals surface area contributed by atoms with Crippen LogP contribution in [0.4, 0.5) is 0 Å². The Labute approximate surface area is 270 Å². The maximum Gasteiger partial charge on any atom is 0.328 e. The number of nitrogens with one attached hydrogen (secondary N) is 1. The van der Waals surface area contributed by atoms with Gasteiger partial charge in [0.2, 0.25) is 11.8 Å². The maximum atomic E-state index is 13.0. The number of rotatable bonds is 13. The Morgan fingerprint density at radius 3 is 2.15 bits per heavy atom. The third-order valence-electron chi connectivity index (χ3n) is 8.47. The third kappa shape index (κ3) is 9.51. The molecule has 5 rings (SSSR count). The number of hydrogen-bond donors (Lipinski definition) is 1. The van der Waals surface area contributed by atoms with Crippen LogP contribution >= 0.6 is 0 Å². The summed E-state index contributed by atoms with van der Waals surface area (Å²) in [6.45, 7) is 1.74. The Kier molecular flexibility index (Phi) is 11.5. The van der Waals surface area contributed by atoms with Gasteiger partial charge in [-0.1, -0.05) is 66.7 Å². The summed E-state index contributed by atoms with van der Waals surface area (Å²) in [6, 6.07) is 28.9. The van der Waals surface area contributed by atoms with Crippen molar-refractivity contribution in [2.45, 2.75) is 51.2 Å². The normalized spacial score (nSPS) is 13.9. The van der Waals surface area contributed by atoms with Crippen LogP contribution in [0, 0.1) is 5.92 Å². The van der Waals surface area contributed by atoms with Crippen LogP contribution in [0.3, 0.4) is 0 Å². The zero-order valence-corrected chi connectivity index (χ0v) is 26.3. The quantitative estimate of drug-likeness (QED) is 0.190. The number of ether oxygens (including phenoxy) is 2. The lowest BCUT2D eigenvalue weighted by molar-refractivity contribution is -0.145. The number of amides is 2. The van der Waals surface area contributed by atoms with E-state index in [1.165, 1.54) is 7.11 Å². The molecule has 1 saturated heterocycles. The monoisotopic (exact) mass is 619 g/mol. The van der Waals surface area contributed by atoms with E-state index in [1.54, 1.807) is 12.4 Å². The van der Waals surface area contributed by atoms with Gasteiger partial charge in [0, 0.05) is 44.7 Å². The lowest BCUT2D eigenvalue weighted by Crippen LogP contribution is -2.44. The van der Waals surface area contributed by atoms with Crippen LogP contribution in [-0.4, -0.2) is 53.9 Å². The Morgan fingerprint density at radius 1 is 0.826 bits per heavy atom. The van der Waals surface area contributed by atoms with E-state index in [1.807, 2.05) is 71.6 Å². The predicted octanol–water partition coefficient (Wildman–Crippen LogP) is 5.79. The fraction of sp³-hybridized carbons (Fsp3) is 0.316. The van der Waals surface area contributed by atoms with Crippen molar-refractivity contribution in [3.8, 4) is 16.9 Å². The molecule has 0 unspecified atom stereocenters. The van der Waals surface area contributed by atoms with Crippen LogP contribution in [0.25, 0.3) is 11.1 Å². The summed E-state index contributed by atoms with van der Waals surface area (Å²) in [5.74, 6) is 0.363. The van der Waals surface area contributed by atoms with Gasteiger partial charge < -0.3 is 19.7 Å². The van der Waals surface area contributed by atoms with E-state index in [4.69, 9.17) is 9.47 Å². The van der Waals surface area contributed by atoms with E-state index in [2.05, 4.69) is 34.6 Å². The molecule has 4 aromatic rings. The van der Waals surface area contributed by atoms with Crippen molar-refractivity contribution in [2.75, 3.05) is 20.2 Å². The second-order valence-corrected chi connectivity index (χ2v) is 11.7. The van der Waals surface area contributed by atoms with Crippen LogP contribution in [0.1, 0.15) is 42.4 Å². The van der Waals surface area contributed by atoms with E-state index in [-0.39, 0.29) is 17.7 Å². The first-order valence-electron chi connectivity index (χ1n) is 15.9. The summed E-state index contributed by atoms with van der Waals surface area (Å²) in [5, 5.41) is 2.88. The zero-order chi connectivity index (χ0) is 32.1. The van der Waals surface area contributed by atoms with Crippen LogP contribution in [-0.2, 0) is 38.6 Å². The van der Waals surface area contributed by atoms with Gasteiger partial charge >= 0.3 is 5.97 Å². The van der Waals surface area contributed by atoms with Crippen molar-refractivity contribution in [1.82, 2.24) is 15.2 Å². The Morgan fingerprint density at radius 2 is 1.48 bits per heavy atom. The van der Waals surface area contributed by atoms with Crippen molar-refractivity contribution in [2.24, 2.45) is 5.92 Å². The van der Waals surface area contributed by atoms with Gasteiger partial charge in [-0.05, 0) is 77.3 Å². The maximum absolute atomic E-state index is 13.0. The van der Waals surface area contributed by atoms with Crippen LogP contribution in [0.15, 0.2) is 103 Å². The number of aromatic nitrogens is 1. The smallest absolute Gasteiger partial charge is 0.328 e. The molecule has 238 valence electrons. The number of methoxy groups -OCH3 is 1. The molecule has 8 heteroatoms. The van der Waals surface area contributed by atoms with E-state index >= 15 is 0 Å². The predicted molar refractivity (Wildman–Crippen MR) is 177 cm³/mol. The highest BCUT2D eigenvalue weighted by Crippen LogP contribution is 2.23. The summed E-state index contributed by atoms with van der Waals surface area (Å²) in [7, 11) is 1.33. The van der Waals surface area contributed by atoms with Crippen molar-refractivity contribution >= 4 is 17.8 Å². The Hall–Kier alpha value is -4.98. The van der Waals surface area contributed by atoms with Crippen LogP contribution in [0.5, 0.6) is 5.75 Å². The van der Waals surface area contributed by atoms with Gasteiger partial charge in [0.25, 0.3) is 0 Å². The van der Waals surface area contributed by atoms with E-state index < -0.39 is 12.0 Å². The van der Waals surface area contributed by atoms with Gasteiger partial charge in [0.1, 0.15) is 18.4 Å². The standard InChI is InChI=1S/C38H41N3O5/c1-45-38(44)35(25-29-9-14-34(15-10-29)46-27-31-5-3-2-4-6-31)40-36(42)26-30-19-23-41(24-20-30)37(43)16-11-28-7-12-32(13-8-28)33-17-21-39-22-18-33/h2-10,12-15,17-18,21-22,30,35H,11,16,19-20,23-27H2,1H3,(H,40,42)/t35-/m0/s1. The number of esters is 1. The highest BCUT2D eigenvalue weighted by atomic mass is 16.5. The molecule has 0 spiro atoms. The number of benzene rings is 3. The number of carbonyl (C=O) groups is 3. The molecule has 46 heavy (non-hydrogen) atoms. The number of nitrogens with zero attached hydrogens (tertiary/aromatic N) is 2. The minimum Gasteiger partial charge on any atom is -0.489 e. The largest absolute Gasteiger partial charge is 0.489 e. The third-order valence-corrected chi connectivity index (χ3v) is 8.47. The van der Waals surface area contributed by atoms with Gasteiger partial charge in [-0.25, -0.2) is 4.79 Å². The van der Waals surface area contributed by atoms with Crippen molar-refractivity contribution in [3.63, 3.8) is 0 Å². The summed E-state index contributed by atoms with van der Waals surface area (Å²) in [6.07, 6.45) is 6.85. The highest BCUT2D eigenvalue weighted by Gasteiger charge is 2.27. The number of hydrogen-bond acceptors (Lipinski definition) is 6. The molecule has 1 aromatic heterocycles. The Balaban J connectivity index is 1.03. The molecular formula is C38H41N3O5. The second kappa shape index (κ2) is 16.4. The minimum atomic E-state index is -0.783. The molecule has 1 aliphatic heterocycles. The van der Waals surface area contributed by atoms with Gasteiger partial charge in [-0.15, -0.1) is 0 Å². The number of piperidine rings is 1. The van der Waals surface area contributed by atoms with Crippen LogP contribution < -0.4 is 10.1 Å². The van der Waals surface area contributed by atoms with Gasteiger partial charge in [-0.2, -0.15) is 0 Å². The van der Waals surface area contributed by atoms with E-state index in [0.29, 0.717) is 45.4 Å². The average molecular weight is 620 g/mol. The van der Waals surface area contributed by atoms with E-state index in [9.17, 15) is 14.4 Å². The summed E-state index contributed by atoms with van der Waals surface area (Å²) in [5.41, 5.74) is 5.34. The van der Waals surface area contributed by atoms with E-state index in [0.717, 1.165) is 46.4 Å². The molecule has 2 amide bonds. The van der Waals surface area contributed by atoms with Crippen molar-refractivity contribution in [1.29, 1.82) is 0 Å². The molecule has 0 bridgehead atoms. The summed E-state index contributed by atoms with van der Waals surface area (Å²) in [4.78, 5) is 44.4. The molecule has 0 saturated carbocycles.